The predicted molar refractivity (Wildman–Crippen MR) is 88.9 cm³/mol. The van der Waals surface area contributed by atoms with Crippen molar-refractivity contribution >= 4 is 28.5 Å². The van der Waals surface area contributed by atoms with Crippen molar-refractivity contribution in [3.63, 3.8) is 0 Å². The molecule has 0 radical (unpaired) electrons. The summed E-state index contributed by atoms with van der Waals surface area (Å²) < 4.78 is 1.14. The van der Waals surface area contributed by atoms with Gasteiger partial charge in [0.25, 0.3) is 5.91 Å². The van der Waals surface area contributed by atoms with Crippen LogP contribution in [0.4, 0.5) is 0 Å². The van der Waals surface area contributed by atoms with E-state index in [2.05, 4.69) is 52.2 Å². The molecule has 2 nitrogen and oxygen atoms in total. The number of carbonyl (C=O) groups excluding carboxylic acids is 1. The topological polar surface area (TPSA) is 29.1 Å². The van der Waals surface area contributed by atoms with Crippen LogP contribution in [0.15, 0.2) is 48.5 Å². The second-order valence-electron chi connectivity index (χ2n) is 5.19. The molecule has 1 unspecified atom stereocenters. The first-order valence-corrected chi connectivity index (χ1v) is 7.93. The molecule has 20 heavy (non-hydrogen) atoms. The van der Waals surface area contributed by atoms with Crippen LogP contribution in [-0.4, -0.2) is 11.9 Å². The summed E-state index contributed by atoms with van der Waals surface area (Å²) in [5.74, 6) is 0.0331. The first-order valence-electron chi connectivity index (χ1n) is 6.85. The molecule has 3 heteroatoms. The lowest BCUT2D eigenvalue weighted by Gasteiger charge is -2.25. The predicted octanol–water partition coefficient (Wildman–Crippen LogP) is 3.58. The van der Waals surface area contributed by atoms with E-state index >= 15 is 0 Å². The van der Waals surface area contributed by atoms with Crippen LogP contribution in [0.5, 0.6) is 0 Å². The summed E-state index contributed by atoms with van der Waals surface area (Å²) >= 11 is 2.24. The molecule has 1 amide bonds. The van der Waals surface area contributed by atoms with Crippen molar-refractivity contribution in [2.75, 3.05) is 0 Å². The first-order chi connectivity index (χ1) is 9.72. The minimum Gasteiger partial charge on any atom is -0.349 e. The highest BCUT2D eigenvalue weighted by atomic mass is 127. The minimum absolute atomic E-state index is 0.0331. The van der Waals surface area contributed by atoms with E-state index in [1.54, 1.807) is 0 Å². The standard InChI is InChI=1S/C17H16INO/c18-15-8-5-13(6-9-15)17(20)19-16-10-7-12-3-1-2-4-14(12)11-16/h1-6,8-9,16H,7,10-11H2,(H,19,20). The van der Waals surface area contributed by atoms with Gasteiger partial charge in [-0.1, -0.05) is 24.3 Å². The molecule has 0 spiro atoms. The van der Waals surface area contributed by atoms with E-state index in [9.17, 15) is 4.79 Å². The van der Waals surface area contributed by atoms with E-state index in [1.807, 2.05) is 24.3 Å². The SMILES string of the molecule is O=C(NC1CCc2ccccc2C1)c1ccc(I)cc1. The Morgan fingerprint density at radius 3 is 2.50 bits per heavy atom. The number of hydrogen-bond donors (Lipinski definition) is 1. The van der Waals surface area contributed by atoms with E-state index in [-0.39, 0.29) is 11.9 Å². The van der Waals surface area contributed by atoms with Crippen molar-refractivity contribution in [3.05, 3.63) is 68.8 Å². The summed E-state index contributed by atoms with van der Waals surface area (Å²) in [6.45, 7) is 0. The van der Waals surface area contributed by atoms with Gasteiger partial charge in [0, 0.05) is 15.2 Å². The summed E-state index contributed by atoms with van der Waals surface area (Å²) in [5.41, 5.74) is 3.53. The van der Waals surface area contributed by atoms with E-state index in [0.717, 1.165) is 28.4 Å². The van der Waals surface area contributed by atoms with E-state index in [1.165, 1.54) is 11.1 Å². The molecular weight excluding hydrogens is 361 g/mol. The maximum absolute atomic E-state index is 12.2. The van der Waals surface area contributed by atoms with E-state index in [0.29, 0.717) is 0 Å². The Morgan fingerprint density at radius 2 is 1.75 bits per heavy atom. The average molecular weight is 377 g/mol. The highest BCUT2D eigenvalue weighted by Gasteiger charge is 2.20. The number of benzene rings is 2. The molecule has 0 fully saturated rings. The van der Waals surface area contributed by atoms with E-state index in [4.69, 9.17) is 0 Å². The lowest BCUT2D eigenvalue weighted by molar-refractivity contribution is 0.0933. The van der Waals surface area contributed by atoms with Crippen LogP contribution in [0.25, 0.3) is 0 Å². The Labute approximate surface area is 132 Å². The van der Waals surface area contributed by atoms with Crippen molar-refractivity contribution < 1.29 is 4.79 Å². The van der Waals surface area contributed by atoms with Gasteiger partial charge in [-0.3, -0.25) is 4.79 Å². The third-order valence-electron chi connectivity index (χ3n) is 3.79. The second kappa shape index (κ2) is 5.95. The minimum atomic E-state index is 0.0331. The molecule has 3 rings (SSSR count). The molecule has 0 aromatic heterocycles. The molecule has 1 aliphatic carbocycles. The Balaban J connectivity index is 1.67. The number of aryl methyl sites for hydroxylation is 1. The molecule has 2 aromatic rings. The average Bonchev–Trinajstić information content (AvgIpc) is 2.48. The molecule has 0 bridgehead atoms. The zero-order valence-corrected chi connectivity index (χ0v) is 13.3. The van der Waals surface area contributed by atoms with E-state index < -0.39 is 0 Å². The molecular formula is C17H16INO. The zero-order valence-electron chi connectivity index (χ0n) is 11.1. The smallest absolute Gasteiger partial charge is 0.251 e. The van der Waals surface area contributed by atoms with Crippen molar-refractivity contribution in [2.24, 2.45) is 0 Å². The van der Waals surface area contributed by atoms with Gasteiger partial charge in [-0.25, -0.2) is 0 Å². The summed E-state index contributed by atoms with van der Waals surface area (Å²) in [6.07, 6.45) is 3.01. The summed E-state index contributed by atoms with van der Waals surface area (Å²) in [5, 5.41) is 3.15. The number of nitrogens with one attached hydrogen (secondary N) is 1. The zero-order chi connectivity index (χ0) is 13.9. The third kappa shape index (κ3) is 3.03. The molecule has 1 N–H and O–H groups in total. The Kier molecular flexibility index (Phi) is 4.05. The number of carbonyl (C=O) groups is 1. The highest BCUT2D eigenvalue weighted by molar-refractivity contribution is 14.1. The van der Waals surface area contributed by atoms with Gasteiger partial charge in [-0.2, -0.15) is 0 Å². The Hall–Kier alpha value is -1.36. The third-order valence-corrected chi connectivity index (χ3v) is 4.51. The van der Waals surface area contributed by atoms with Crippen molar-refractivity contribution in [3.8, 4) is 0 Å². The maximum Gasteiger partial charge on any atom is 0.251 e. The Bertz CT molecular complexity index is 621. The molecule has 102 valence electrons. The number of fused-ring (bicyclic) bond motifs is 1. The van der Waals surface area contributed by atoms with Gasteiger partial charge >= 0.3 is 0 Å². The fourth-order valence-corrected chi connectivity index (χ4v) is 3.05. The summed E-state index contributed by atoms with van der Waals surface area (Å²) in [6, 6.07) is 16.5. The molecule has 1 atom stereocenters. The highest BCUT2D eigenvalue weighted by Crippen LogP contribution is 2.21. The number of amides is 1. The summed E-state index contributed by atoms with van der Waals surface area (Å²) in [4.78, 5) is 12.2. The van der Waals surface area contributed by atoms with Crippen LogP contribution in [-0.2, 0) is 12.8 Å². The fraction of sp³-hybridized carbons (Fsp3) is 0.235. The second-order valence-corrected chi connectivity index (χ2v) is 6.43. The van der Waals surface area contributed by atoms with Crippen LogP contribution in [0.2, 0.25) is 0 Å². The number of halogens is 1. The fourth-order valence-electron chi connectivity index (χ4n) is 2.69. The van der Waals surface area contributed by atoms with Gasteiger partial charge < -0.3 is 5.32 Å². The quantitative estimate of drug-likeness (QED) is 0.797. The van der Waals surface area contributed by atoms with Crippen molar-refractivity contribution in [1.29, 1.82) is 0 Å². The maximum atomic E-state index is 12.2. The van der Waals surface area contributed by atoms with Crippen molar-refractivity contribution in [1.82, 2.24) is 5.32 Å². The van der Waals surface area contributed by atoms with Crippen LogP contribution in [0.1, 0.15) is 27.9 Å². The first kappa shape index (κ1) is 13.6. The monoisotopic (exact) mass is 377 g/mol. The summed E-state index contributed by atoms with van der Waals surface area (Å²) in [7, 11) is 0. The van der Waals surface area contributed by atoms with Gasteiger partial charge in [0.05, 0.1) is 0 Å². The molecule has 2 aromatic carbocycles. The molecule has 0 saturated carbocycles. The van der Waals surface area contributed by atoms with Gasteiger partial charge in [-0.15, -0.1) is 0 Å². The van der Waals surface area contributed by atoms with Gasteiger partial charge in [-0.05, 0) is 77.2 Å². The van der Waals surface area contributed by atoms with Crippen LogP contribution < -0.4 is 5.32 Å². The largest absolute Gasteiger partial charge is 0.349 e. The number of rotatable bonds is 2. The van der Waals surface area contributed by atoms with Gasteiger partial charge in [0.1, 0.15) is 0 Å². The molecule has 0 saturated heterocycles. The van der Waals surface area contributed by atoms with Gasteiger partial charge in [0.2, 0.25) is 0 Å². The van der Waals surface area contributed by atoms with Crippen molar-refractivity contribution in [2.45, 2.75) is 25.3 Å². The number of hydrogen-bond acceptors (Lipinski definition) is 1. The molecule has 0 aliphatic heterocycles. The molecule has 1 aliphatic rings. The lowest BCUT2D eigenvalue weighted by atomic mass is 9.88. The van der Waals surface area contributed by atoms with Crippen LogP contribution in [0, 0.1) is 3.57 Å². The van der Waals surface area contributed by atoms with Gasteiger partial charge in [0.15, 0.2) is 0 Å². The Morgan fingerprint density at radius 1 is 1.05 bits per heavy atom. The van der Waals surface area contributed by atoms with Crippen LogP contribution >= 0.6 is 22.6 Å². The normalized spacial score (nSPS) is 17.4. The molecule has 0 heterocycles. The lowest BCUT2D eigenvalue weighted by Crippen LogP contribution is -2.38. The van der Waals surface area contributed by atoms with Crippen LogP contribution in [0.3, 0.4) is 0 Å².